The van der Waals surface area contributed by atoms with Crippen molar-refractivity contribution in [3.8, 4) is 11.5 Å². The van der Waals surface area contributed by atoms with Gasteiger partial charge in [-0.3, -0.25) is 4.79 Å². The molecule has 30 heavy (non-hydrogen) atoms. The van der Waals surface area contributed by atoms with Crippen molar-refractivity contribution >= 4 is 35.3 Å². The smallest absolute Gasteiger partial charge is 0.271 e. The van der Waals surface area contributed by atoms with Crippen LogP contribution in [0.25, 0.3) is 0 Å². The average molecular weight is 443 g/mol. The van der Waals surface area contributed by atoms with E-state index in [0.717, 1.165) is 11.1 Å². The van der Waals surface area contributed by atoms with Crippen molar-refractivity contribution in [1.82, 2.24) is 5.43 Å². The lowest BCUT2D eigenvalue weighted by Crippen LogP contribution is -2.17. The van der Waals surface area contributed by atoms with Gasteiger partial charge in [-0.1, -0.05) is 35.3 Å². The first-order chi connectivity index (χ1) is 14.5. The predicted molar refractivity (Wildman–Crippen MR) is 120 cm³/mol. The molecule has 154 valence electrons. The Balaban J connectivity index is 1.65. The topological polar surface area (TPSA) is 59.9 Å². The Bertz CT molecular complexity index is 1040. The molecule has 7 heteroatoms. The molecular formula is C23H20Cl2N2O3. The van der Waals surface area contributed by atoms with E-state index in [9.17, 15) is 4.79 Å². The highest BCUT2D eigenvalue weighted by atomic mass is 35.5. The fraction of sp³-hybridized carbons (Fsp3) is 0.130. The number of hydrogen-bond acceptors (Lipinski definition) is 4. The molecule has 1 N–H and O–H groups in total. The lowest BCUT2D eigenvalue weighted by molar-refractivity contribution is 0.0955. The molecule has 0 aliphatic rings. The van der Waals surface area contributed by atoms with E-state index in [1.807, 2.05) is 37.3 Å². The second-order valence-electron chi connectivity index (χ2n) is 6.26. The first-order valence-electron chi connectivity index (χ1n) is 9.28. The van der Waals surface area contributed by atoms with Gasteiger partial charge in [0.05, 0.1) is 12.8 Å². The zero-order chi connectivity index (χ0) is 21.3. The van der Waals surface area contributed by atoms with E-state index in [-0.39, 0.29) is 5.91 Å². The Labute approximate surface area is 185 Å². The van der Waals surface area contributed by atoms with E-state index in [2.05, 4.69) is 10.5 Å². The molecule has 3 rings (SSSR count). The normalized spacial score (nSPS) is 10.8. The minimum atomic E-state index is -0.325. The van der Waals surface area contributed by atoms with Gasteiger partial charge in [0, 0.05) is 15.6 Å². The molecule has 0 spiro atoms. The van der Waals surface area contributed by atoms with E-state index in [1.165, 1.54) is 6.21 Å². The van der Waals surface area contributed by atoms with Crippen LogP contribution in [0.15, 0.2) is 71.8 Å². The monoisotopic (exact) mass is 442 g/mol. The molecule has 0 atom stereocenters. The van der Waals surface area contributed by atoms with Gasteiger partial charge in [-0.2, -0.15) is 5.10 Å². The van der Waals surface area contributed by atoms with Crippen LogP contribution in [-0.4, -0.2) is 18.7 Å². The van der Waals surface area contributed by atoms with Gasteiger partial charge >= 0.3 is 0 Å². The number of hydrazone groups is 1. The average Bonchev–Trinajstić information content (AvgIpc) is 2.74. The van der Waals surface area contributed by atoms with E-state index in [1.54, 1.807) is 36.4 Å². The number of ether oxygens (including phenoxy) is 2. The fourth-order valence-corrected chi connectivity index (χ4v) is 2.95. The molecular weight excluding hydrogens is 423 g/mol. The number of hydrogen-bond donors (Lipinski definition) is 1. The van der Waals surface area contributed by atoms with Crippen LogP contribution >= 0.6 is 23.2 Å². The van der Waals surface area contributed by atoms with Crippen LogP contribution in [0.4, 0.5) is 0 Å². The third kappa shape index (κ3) is 6.24. The highest BCUT2D eigenvalue weighted by Crippen LogP contribution is 2.29. The van der Waals surface area contributed by atoms with Crippen molar-refractivity contribution in [2.75, 3.05) is 6.61 Å². The largest absolute Gasteiger partial charge is 0.490 e. The SMILES string of the molecule is CCOc1cc(/C=N\NC(=O)c2ccc(Cl)cc2)ccc1OCc1cccc(Cl)c1. The minimum absolute atomic E-state index is 0.325. The number of halogens is 2. The maximum atomic E-state index is 12.1. The Morgan fingerprint density at radius 3 is 2.50 bits per heavy atom. The maximum absolute atomic E-state index is 12.1. The molecule has 0 aliphatic heterocycles. The molecule has 0 aliphatic carbocycles. The van der Waals surface area contributed by atoms with Crippen LogP contribution in [0.1, 0.15) is 28.4 Å². The summed E-state index contributed by atoms with van der Waals surface area (Å²) in [4.78, 5) is 12.1. The number of rotatable bonds is 8. The molecule has 3 aromatic carbocycles. The van der Waals surface area contributed by atoms with Gasteiger partial charge < -0.3 is 9.47 Å². The Morgan fingerprint density at radius 2 is 1.77 bits per heavy atom. The Hall–Kier alpha value is -3.02. The van der Waals surface area contributed by atoms with Crippen molar-refractivity contribution in [2.45, 2.75) is 13.5 Å². The van der Waals surface area contributed by atoms with Crippen LogP contribution < -0.4 is 14.9 Å². The second kappa shape index (κ2) is 10.7. The summed E-state index contributed by atoms with van der Waals surface area (Å²) in [6.07, 6.45) is 1.54. The first kappa shape index (κ1) is 21.7. The molecule has 0 fully saturated rings. The highest BCUT2D eigenvalue weighted by molar-refractivity contribution is 6.30. The Kier molecular flexibility index (Phi) is 7.71. The number of carbonyl (C=O) groups is 1. The summed E-state index contributed by atoms with van der Waals surface area (Å²) in [5.41, 5.74) is 4.67. The van der Waals surface area contributed by atoms with Crippen molar-refractivity contribution in [3.05, 3.63) is 93.5 Å². The summed E-state index contributed by atoms with van der Waals surface area (Å²) >= 11 is 11.8. The zero-order valence-electron chi connectivity index (χ0n) is 16.3. The van der Waals surface area contributed by atoms with E-state index in [0.29, 0.717) is 40.3 Å². The van der Waals surface area contributed by atoms with Gasteiger partial charge in [0.15, 0.2) is 11.5 Å². The second-order valence-corrected chi connectivity index (χ2v) is 7.14. The number of carbonyl (C=O) groups excluding carboxylic acids is 1. The highest BCUT2D eigenvalue weighted by Gasteiger charge is 2.07. The molecule has 0 bridgehead atoms. The first-order valence-corrected chi connectivity index (χ1v) is 10.0. The van der Waals surface area contributed by atoms with Crippen molar-refractivity contribution in [1.29, 1.82) is 0 Å². The summed E-state index contributed by atoms with van der Waals surface area (Å²) < 4.78 is 11.6. The van der Waals surface area contributed by atoms with Crippen LogP contribution in [0, 0.1) is 0 Å². The number of nitrogens with one attached hydrogen (secondary N) is 1. The Morgan fingerprint density at radius 1 is 0.967 bits per heavy atom. The maximum Gasteiger partial charge on any atom is 0.271 e. The standard InChI is InChI=1S/C23H20Cl2N2O3/c1-2-29-22-13-16(14-26-27-23(28)18-7-9-19(24)10-8-18)6-11-21(22)30-15-17-4-3-5-20(25)12-17/h3-14H,2,15H2,1H3,(H,27,28)/b26-14-. The summed E-state index contributed by atoms with van der Waals surface area (Å²) in [7, 11) is 0. The number of nitrogens with zero attached hydrogens (tertiary/aromatic N) is 1. The summed E-state index contributed by atoms with van der Waals surface area (Å²) in [5.74, 6) is 0.876. The van der Waals surface area contributed by atoms with Gasteiger partial charge in [-0.15, -0.1) is 0 Å². The van der Waals surface area contributed by atoms with Crippen LogP contribution in [0.2, 0.25) is 10.0 Å². The van der Waals surface area contributed by atoms with Crippen LogP contribution in [-0.2, 0) is 6.61 Å². The quantitative estimate of drug-likeness (QED) is 0.357. The van der Waals surface area contributed by atoms with Gasteiger partial charge in [0.25, 0.3) is 5.91 Å². The number of amides is 1. The molecule has 0 saturated carbocycles. The summed E-state index contributed by atoms with van der Waals surface area (Å²) in [5, 5.41) is 5.23. The van der Waals surface area contributed by atoms with Gasteiger partial charge in [0.1, 0.15) is 6.61 Å². The molecule has 0 aromatic heterocycles. The fourth-order valence-electron chi connectivity index (χ4n) is 2.61. The molecule has 3 aromatic rings. The molecule has 0 unspecified atom stereocenters. The summed E-state index contributed by atoms with van der Waals surface area (Å²) in [6, 6.07) is 19.5. The van der Waals surface area contributed by atoms with Gasteiger partial charge in [-0.05, 0) is 72.6 Å². The summed E-state index contributed by atoms with van der Waals surface area (Å²) in [6.45, 7) is 2.75. The van der Waals surface area contributed by atoms with Gasteiger partial charge in [0.2, 0.25) is 0 Å². The molecule has 0 saturated heterocycles. The van der Waals surface area contributed by atoms with E-state index in [4.69, 9.17) is 32.7 Å². The van der Waals surface area contributed by atoms with Crippen LogP contribution in [0.5, 0.6) is 11.5 Å². The van der Waals surface area contributed by atoms with Gasteiger partial charge in [-0.25, -0.2) is 5.43 Å². The molecule has 0 radical (unpaired) electrons. The molecule has 5 nitrogen and oxygen atoms in total. The molecule has 1 amide bonds. The van der Waals surface area contributed by atoms with Crippen molar-refractivity contribution < 1.29 is 14.3 Å². The third-order valence-electron chi connectivity index (χ3n) is 4.04. The lowest BCUT2D eigenvalue weighted by atomic mass is 10.2. The lowest BCUT2D eigenvalue weighted by Gasteiger charge is -2.12. The molecule has 0 heterocycles. The van der Waals surface area contributed by atoms with E-state index >= 15 is 0 Å². The zero-order valence-corrected chi connectivity index (χ0v) is 17.8. The predicted octanol–water partition coefficient (Wildman–Crippen LogP) is 5.74. The van der Waals surface area contributed by atoms with E-state index < -0.39 is 0 Å². The van der Waals surface area contributed by atoms with Crippen molar-refractivity contribution in [3.63, 3.8) is 0 Å². The third-order valence-corrected chi connectivity index (χ3v) is 4.52. The van der Waals surface area contributed by atoms with Crippen LogP contribution in [0.3, 0.4) is 0 Å². The van der Waals surface area contributed by atoms with Crippen molar-refractivity contribution in [2.24, 2.45) is 5.10 Å². The number of benzene rings is 3. The minimum Gasteiger partial charge on any atom is -0.490 e.